The van der Waals surface area contributed by atoms with Gasteiger partial charge in [0.1, 0.15) is 5.02 Å². The van der Waals surface area contributed by atoms with E-state index in [2.05, 4.69) is 27.6 Å². The van der Waals surface area contributed by atoms with Crippen LogP contribution >= 0.6 is 34.2 Å². The van der Waals surface area contributed by atoms with Crippen molar-refractivity contribution in [3.63, 3.8) is 0 Å². The van der Waals surface area contributed by atoms with E-state index in [0.29, 0.717) is 5.02 Å². The summed E-state index contributed by atoms with van der Waals surface area (Å²) in [6, 6.07) is 1.86. The summed E-state index contributed by atoms with van der Waals surface area (Å²) < 4.78 is 6.05. The molecule has 4 nitrogen and oxygen atoms in total. The lowest BCUT2D eigenvalue weighted by Crippen LogP contribution is -2.43. The van der Waals surface area contributed by atoms with Crippen LogP contribution in [-0.4, -0.2) is 28.1 Å². The smallest absolute Gasteiger partial charge is 0.389 e. The molecule has 18 heavy (non-hydrogen) atoms. The molecule has 1 rings (SSSR count). The number of carbonyl (C=O) groups is 1. The normalized spacial score (nSPS) is 10.9. The van der Waals surface area contributed by atoms with Crippen molar-refractivity contribution >= 4 is 40.3 Å². The SMILES string of the molecule is CC(C)N(C(=O)Oc1nccc(I)c1Cl)C(C)C. The molecule has 1 aromatic heterocycles. The van der Waals surface area contributed by atoms with Gasteiger partial charge in [-0.25, -0.2) is 9.78 Å². The Hall–Kier alpha value is -0.560. The molecule has 1 heterocycles. The van der Waals surface area contributed by atoms with Crippen molar-refractivity contribution in [1.82, 2.24) is 9.88 Å². The van der Waals surface area contributed by atoms with E-state index in [1.807, 2.05) is 27.7 Å². The lowest BCUT2D eigenvalue weighted by Gasteiger charge is -2.29. The molecule has 0 aliphatic rings. The summed E-state index contributed by atoms with van der Waals surface area (Å²) in [5, 5.41) is 0.360. The van der Waals surface area contributed by atoms with Gasteiger partial charge >= 0.3 is 6.09 Å². The van der Waals surface area contributed by atoms with E-state index in [-0.39, 0.29) is 18.0 Å². The fraction of sp³-hybridized carbons (Fsp3) is 0.500. The summed E-state index contributed by atoms with van der Waals surface area (Å²) in [4.78, 5) is 17.7. The molecule has 6 heteroatoms. The van der Waals surface area contributed by atoms with Crippen molar-refractivity contribution in [2.45, 2.75) is 39.8 Å². The van der Waals surface area contributed by atoms with Crippen LogP contribution in [-0.2, 0) is 0 Å². The molecule has 0 radical (unpaired) electrons. The van der Waals surface area contributed by atoms with Crippen molar-refractivity contribution in [2.75, 3.05) is 0 Å². The quantitative estimate of drug-likeness (QED) is 0.743. The minimum absolute atomic E-state index is 0.0547. The number of halogens is 2. The molecule has 0 N–H and O–H groups in total. The highest BCUT2D eigenvalue weighted by Crippen LogP contribution is 2.27. The van der Waals surface area contributed by atoms with Crippen LogP contribution in [0.2, 0.25) is 5.02 Å². The third kappa shape index (κ3) is 3.71. The van der Waals surface area contributed by atoms with Crippen molar-refractivity contribution < 1.29 is 9.53 Å². The van der Waals surface area contributed by atoms with Gasteiger partial charge in [0, 0.05) is 21.9 Å². The molecular weight excluding hydrogens is 367 g/mol. The highest BCUT2D eigenvalue weighted by Gasteiger charge is 2.23. The lowest BCUT2D eigenvalue weighted by atomic mass is 10.2. The number of amides is 1. The first-order chi connectivity index (χ1) is 8.34. The van der Waals surface area contributed by atoms with Crippen molar-refractivity contribution in [2.24, 2.45) is 0 Å². The number of pyridine rings is 1. The first-order valence-electron chi connectivity index (χ1n) is 5.64. The molecule has 1 aromatic rings. The molecule has 0 spiro atoms. The molecular formula is C12H16ClIN2O2. The number of hydrogen-bond donors (Lipinski definition) is 0. The molecule has 0 aliphatic carbocycles. The molecule has 0 unspecified atom stereocenters. The molecule has 100 valence electrons. The number of ether oxygens (including phenoxy) is 1. The number of carbonyl (C=O) groups excluding carboxylic acids is 1. The summed E-state index contributed by atoms with van der Waals surface area (Å²) in [7, 11) is 0. The van der Waals surface area contributed by atoms with Crippen LogP contribution in [0.4, 0.5) is 4.79 Å². The van der Waals surface area contributed by atoms with E-state index >= 15 is 0 Å². The molecule has 0 fully saturated rings. The van der Waals surface area contributed by atoms with E-state index in [4.69, 9.17) is 16.3 Å². The van der Waals surface area contributed by atoms with E-state index in [9.17, 15) is 4.79 Å². The van der Waals surface area contributed by atoms with Crippen LogP contribution in [0, 0.1) is 3.57 Å². The van der Waals surface area contributed by atoms with E-state index < -0.39 is 6.09 Å². The molecule has 0 aliphatic heterocycles. The Balaban J connectivity index is 2.90. The molecule has 1 amide bonds. The van der Waals surface area contributed by atoms with Gasteiger partial charge in [-0.05, 0) is 56.4 Å². The number of hydrogen-bond acceptors (Lipinski definition) is 3. The standard InChI is InChI=1S/C12H16ClIN2O2/c1-7(2)16(8(3)4)12(17)18-11-10(13)9(14)5-6-15-11/h5-8H,1-4H3. The van der Waals surface area contributed by atoms with Crippen LogP contribution in [0.1, 0.15) is 27.7 Å². The fourth-order valence-electron chi connectivity index (χ4n) is 1.63. The van der Waals surface area contributed by atoms with E-state index in [0.717, 1.165) is 3.57 Å². The first-order valence-corrected chi connectivity index (χ1v) is 7.10. The third-order valence-corrected chi connectivity index (χ3v) is 3.90. The van der Waals surface area contributed by atoms with Crippen molar-refractivity contribution in [1.29, 1.82) is 0 Å². The number of nitrogens with zero attached hydrogens (tertiary/aromatic N) is 2. The minimum Gasteiger partial charge on any atom is -0.389 e. The van der Waals surface area contributed by atoms with Crippen LogP contribution in [0.15, 0.2) is 12.3 Å². The Labute approximate surface area is 126 Å². The Morgan fingerprint density at radius 3 is 2.44 bits per heavy atom. The van der Waals surface area contributed by atoms with E-state index in [1.165, 1.54) is 0 Å². The van der Waals surface area contributed by atoms with Gasteiger partial charge in [-0.2, -0.15) is 0 Å². The summed E-state index contributed by atoms with van der Waals surface area (Å²) in [6.45, 7) is 7.74. The topological polar surface area (TPSA) is 42.4 Å². The zero-order valence-corrected chi connectivity index (χ0v) is 13.7. The van der Waals surface area contributed by atoms with Gasteiger partial charge in [-0.1, -0.05) is 11.6 Å². The largest absolute Gasteiger partial charge is 0.417 e. The Morgan fingerprint density at radius 2 is 1.94 bits per heavy atom. The van der Waals surface area contributed by atoms with Crippen LogP contribution in [0.3, 0.4) is 0 Å². The second-order valence-electron chi connectivity index (χ2n) is 4.37. The minimum atomic E-state index is -0.434. The van der Waals surface area contributed by atoms with Gasteiger partial charge in [-0.15, -0.1) is 0 Å². The lowest BCUT2D eigenvalue weighted by molar-refractivity contribution is 0.121. The third-order valence-electron chi connectivity index (χ3n) is 2.32. The van der Waals surface area contributed by atoms with E-state index in [1.54, 1.807) is 17.2 Å². The van der Waals surface area contributed by atoms with Gasteiger partial charge in [0.05, 0.1) is 0 Å². The maximum absolute atomic E-state index is 12.1. The van der Waals surface area contributed by atoms with Gasteiger partial charge in [0.2, 0.25) is 5.88 Å². The second kappa shape index (κ2) is 6.56. The molecule has 0 bridgehead atoms. The van der Waals surface area contributed by atoms with Crippen molar-refractivity contribution in [3.05, 3.63) is 20.9 Å². The molecule has 0 saturated carbocycles. The zero-order valence-electron chi connectivity index (χ0n) is 10.8. The van der Waals surface area contributed by atoms with Crippen molar-refractivity contribution in [3.8, 4) is 5.88 Å². The molecule has 0 aromatic carbocycles. The second-order valence-corrected chi connectivity index (χ2v) is 5.91. The molecule has 0 atom stereocenters. The molecule has 0 saturated heterocycles. The first kappa shape index (κ1) is 15.5. The fourth-order valence-corrected chi connectivity index (χ4v) is 2.17. The summed E-state index contributed by atoms with van der Waals surface area (Å²) >= 11 is 8.10. The number of aromatic nitrogens is 1. The summed E-state index contributed by atoms with van der Waals surface area (Å²) in [5.41, 5.74) is 0. The summed E-state index contributed by atoms with van der Waals surface area (Å²) in [6.07, 6.45) is 1.13. The predicted octanol–water partition coefficient (Wildman–Crippen LogP) is 3.96. The van der Waals surface area contributed by atoms with Gasteiger partial charge in [0.25, 0.3) is 0 Å². The Kier molecular flexibility index (Phi) is 5.65. The van der Waals surface area contributed by atoms with Crippen LogP contribution < -0.4 is 4.74 Å². The zero-order chi connectivity index (χ0) is 13.9. The highest BCUT2D eigenvalue weighted by molar-refractivity contribution is 14.1. The maximum atomic E-state index is 12.1. The van der Waals surface area contributed by atoms with Gasteiger partial charge < -0.3 is 9.64 Å². The monoisotopic (exact) mass is 382 g/mol. The maximum Gasteiger partial charge on any atom is 0.417 e. The Bertz CT molecular complexity index is 430. The van der Waals surface area contributed by atoms with Gasteiger partial charge in [-0.3, -0.25) is 0 Å². The highest BCUT2D eigenvalue weighted by atomic mass is 127. The average molecular weight is 383 g/mol. The Morgan fingerprint density at radius 1 is 1.39 bits per heavy atom. The number of rotatable bonds is 3. The predicted molar refractivity (Wildman–Crippen MR) is 80.1 cm³/mol. The van der Waals surface area contributed by atoms with Crippen LogP contribution in [0.5, 0.6) is 5.88 Å². The van der Waals surface area contributed by atoms with Crippen LogP contribution in [0.25, 0.3) is 0 Å². The average Bonchev–Trinajstić information content (AvgIpc) is 2.23. The van der Waals surface area contributed by atoms with Gasteiger partial charge in [0.15, 0.2) is 0 Å². The summed E-state index contributed by atoms with van der Waals surface area (Å²) in [5.74, 6) is 0.153.